The van der Waals surface area contributed by atoms with E-state index in [-0.39, 0.29) is 0 Å². The number of hydrogen-bond acceptors (Lipinski definition) is 2. The van der Waals surface area contributed by atoms with Crippen LogP contribution in [0, 0.1) is 12.8 Å². The Morgan fingerprint density at radius 3 is 2.91 bits per heavy atom. The number of guanidine groups is 1. The van der Waals surface area contributed by atoms with Crippen molar-refractivity contribution >= 4 is 17.0 Å². The van der Waals surface area contributed by atoms with Crippen molar-refractivity contribution in [1.29, 1.82) is 0 Å². The Kier molecular flexibility index (Phi) is 4.61. The third-order valence-electron chi connectivity index (χ3n) is 4.02. The van der Waals surface area contributed by atoms with E-state index in [4.69, 9.17) is 0 Å². The zero-order valence-corrected chi connectivity index (χ0v) is 13.5. The minimum Gasteiger partial charge on any atom is -0.357 e. The molecule has 0 bridgehead atoms. The molecule has 0 atom stereocenters. The lowest BCUT2D eigenvalue weighted by molar-refractivity contribution is 0.659. The monoisotopic (exact) mass is 299 g/mol. The summed E-state index contributed by atoms with van der Waals surface area (Å²) in [7, 11) is 0. The van der Waals surface area contributed by atoms with Crippen LogP contribution < -0.4 is 10.6 Å². The number of aliphatic imine (C=N–C) groups is 1. The molecule has 1 aliphatic rings. The van der Waals surface area contributed by atoms with Crippen molar-refractivity contribution < 1.29 is 0 Å². The van der Waals surface area contributed by atoms with E-state index in [1.54, 1.807) is 0 Å². The van der Waals surface area contributed by atoms with Crippen LogP contribution in [0.1, 0.15) is 25.6 Å². The summed E-state index contributed by atoms with van der Waals surface area (Å²) in [5, 5.41) is 6.74. The summed E-state index contributed by atoms with van der Waals surface area (Å²) in [4.78, 5) is 9.25. The molecule has 0 unspecified atom stereocenters. The van der Waals surface area contributed by atoms with Crippen LogP contribution in [0.5, 0.6) is 0 Å². The fraction of sp³-hybridized carbons (Fsp3) is 0.529. The van der Waals surface area contributed by atoms with E-state index in [0.717, 1.165) is 49.4 Å². The second-order valence-electron chi connectivity index (χ2n) is 5.89. The molecule has 22 heavy (non-hydrogen) atoms. The molecule has 1 aromatic heterocycles. The average molecular weight is 299 g/mol. The number of nitrogens with one attached hydrogen (secondary N) is 2. The molecule has 0 amide bonds. The largest absolute Gasteiger partial charge is 0.357 e. The van der Waals surface area contributed by atoms with Gasteiger partial charge >= 0.3 is 0 Å². The predicted molar refractivity (Wildman–Crippen MR) is 91.2 cm³/mol. The predicted octanol–water partition coefficient (Wildman–Crippen LogP) is 2.31. The Hall–Kier alpha value is -2.04. The van der Waals surface area contributed by atoms with Gasteiger partial charge in [0.15, 0.2) is 5.96 Å². The molecular weight excluding hydrogens is 274 g/mol. The molecule has 1 aliphatic carbocycles. The first-order valence-electron chi connectivity index (χ1n) is 8.22. The van der Waals surface area contributed by atoms with Gasteiger partial charge < -0.3 is 15.2 Å². The number of rotatable bonds is 6. The first-order valence-corrected chi connectivity index (χ1v) is 8.22. The molecule has 1 fully saturated rings. The van der Waals surface area contributed by atoms with E-state index >= 15 is 0 Å². The highest BCUT2D eigenvalue weighted by atomic mass is 15.2. The van der Waals surface area contributed by atoms with Crippen LogP contribution in [0.4, 0.5) is 0 Å². The van der Waals surface area contributed by atoms with E-state index in [0.29, 0.717) is 0 Å². The molecule has 2 aromatic rings. The third-order valence-corrected chi connectivity index (χ3v) is 4.02. The van der Waals surface area contributed by atoms with Crippen molar-refractivity contribution in [2.45, 2.75) is 33.2 Å². The maximum atomic E-state index is 4.65. The SMILES string of the molecule is CCNC(=NCC1CC1)NCCn1c(C)nc2ccccc21. The van der Waals surface area contributed by atoms with Crippen LogP contribution in [-0.4, -0.2) is 35.1 Å². The zero-order valence-electron chi connectivity index (χ0n) is 13.5. The Labute approximate surface area is 131 Å². The average Bonchev–Trinajstić information content (AvgIpc) is 3.29. The number of imidazole rings is 1. The molecule has 1 saturated carbocycles. The second-order valence-corrected chi connectivity index (χ2v) is 5.89. The van der Waals surface area contributed by atoms with Gasteiger partial charge in [-0.2, -0.15) is 0 Å². The van der Waals surface area contributed by atoms with E-state index in [1.165, 1.54) is 18.4 Å². The summed E-state index contributed by atoms with van der Waals surface area (Å²) in [6.45, 7) is 7.73. The standard InChI is InChI=1S/C17H25N5/c1-3-18-17(20-12-14-8-9-14)19-10-11-22-13(2)21-15-6-4-5-7-16(15)22/h4-7,14H,3,8-12H2,1-2H3,(H2,18,19,20). The van der Waals surface area contributed by atoms with Gasteiger partial charge in [0.1, 0.15) is 5.82 Å². The molecule has 0 aliphatic heterocycles. The Morgan fingerprint density at radius 1 is 1.32 bits per heavy atom. The first kappa shape index (κ1) is 14.9. The summed E-state index contributed by atoms with van der Waals surface area (Å²) in [5.74, 6) is 2.80. The first-order chi connectivity index (χ1) is 10.8. The summed E-state index contributed by atoms with van der Waals surface area (Å²) < 4.78 is 2.26. The van der Waals surface area contributed by atoms with Gasteiger partial charge in [-0.25, -0.2) is 4.98 Å². The van der Waals surface area contributed by atoms with E-state index < -0.39 is 0 Å². The van der Waals surface area contributed by atoms with Crippen LogP contribution in [0.15, 0.2) is 29.3 Å². The second kappa shape index (κ2) is 6.81. The molecule has 0 saturated heterocycles. The maximum Gasteiger partial charge on any atom is 0.191 e. The van der Waals surface area contributed by atoms with Crippen molar-refractivity contribution in [3.8, 4) is 0 Å². The molecule has 1 aromatic carbocycles. The molecular formula is C17H25N5. The van der Waals surface area contributed by atoms with E-state index in [1.807, 2.05) is 6.07 Å². The summed E-state index contributed by atoms with van der Waals surface area (Å²) in [6.07, 6.45) is 2.67. The minimum atomic E-state index is 0.815. The lowest BCUT2D eigenvalue weighted by Gasteiger charge is -2.12. The van der Waals surface area contributed by atoms with Crippen LogP contribution in [0.25, 0.3) is 11.0 Å². The maximum absolute atomic E-state index is 4.65. The normalized spacial score (nSPS) is 15.3. The Balaban J connectivity index is 1.60. The van der Waals surface area contributed by atoms with Gasteiger partial charge in [-0.3, -0.25) is 4.99 Å². The van der Waals surface area contributed by atoms with Gasteiger partial charge in [0.25, 0.3) is 0 Å². The number of aromatic nitrogens is 2. The van der Waals surface area contributed by atoms with Crippen LogP contribution >= 0.6 is 0 Å². The van der Waals surface area contributed by atoms with E-state index in [9.17, 15) is 0 Å². The minimum absolute atomic E-state index is 0.815. The quantitative estimate of drug-likeness (QED) is 0.636. The Morgan fingerprint density at radius 2 is 2.14 bits per heavy atom. The van der Waals surface area contributed by atoms with Crippen molar-refractivity contribution in [2.24, 2.45) is 10.9 Å². The summed E-state index contributed by atoms with van der Waals surface area (Å²) in [6, 6.07) is 8.29. The van der Waals surface area contributed by atoms with Gasteiger partial charge in [0.05, 0.1) is 11.0 Å². The molecule has 1 heterocycles. The summed E-state index contributed by atoms with van der Waals surface area (Å²) >= 11 is 0. The third kappa shape index (κ3) is 3.59. The topological polar surface area (TPSA) is 54.2 Å². The van der Waals surface area contributed by atoms with Crippen molar-refractivity contribution in [3.63, 3.8) is 0 Å². The highest BCUT2D eigenvalue weighted by Crippen LogP contribution is 2.28. The lowest BCUT2D eigenvalue weighted by atomic mass is 10.3. The molecule has 0 spiro atoms. The van der Waals surface area contributed by atoms with Crippen molar-refractivity contribution in [2.75, 3.05) is 19.6 Å². The van der Waals surface area contributed by atoms with Crippen LogP contribution in [-0.2, 0) is 6.54 Å². The lowest BCUT2D eigenvalue weighted by Crippen LogP contribution is -2.39. The van der Waals surface area contributed by atoms with Crippen LogP contribution in [0.2, 0.25) is 0 Å². The van der Waals surface area contributed by atoms with Gasteiger partial charge in [0.2, 0.25) is 0 Å². The number of hydrogen-bond donors (Lipinski definition) is 2. The fourth-order valence-corrected chi connectivity index (χ4v) is 2.63. The zero-order chi connectivity index (χ0) is 15.4. The number of fused-ring (bicyclic) bond motifs is 1. The number of para-hydroxylation sites is 2. The van der Waals surface area contributed by atoms with Crippen molar-refractivity contribution in [1.82, 2.24) is 20.2 Å². The number of benzene rings is 1. The number of nitrogens with zero attached hydrogens (tertiary/aromatic N) is 3. The van der Waals surface area contributed by atoms with Gasteiger partial charge in [-0.1, -0.05) is 12.1 Å². The summed E-state index contributed by atoms with van der Waals surface area (Å²) in [5.41, 5.74) is 2.26. The van der Waals surface area contributed by atoms with Gasteiger partial charge in [-0.05, 0) is 44.7 Å². The molecule has 3 rings (SSSR count). The molecule has 0 radical (unpaired) electrons. The highest BCUT2D eigenvalue weighted by Gasteiger charge is 2.20. The molecule has 5 nitrogen and oxygen atoms in total. The molecule has 118 valence electrons. The Bertz CT molecular complexity index is 654. The smallest absolute Gasteiger partial charge is 0.191 e. The molecule has 2 N–H and O–H groups in total. The van der Waals surface area contributed by atoms with Crippen LogP contribution in [0.3, 0.4) is 0 Å². The van der Waals surface area contributed by atoms with Gasteiger partial charge in [-0.15, -0.1) is 0 Å². The van der Waals surface area contributed by atoms with E-state index in [2.05, 4.69) is 57.2 Å². The molecule has 5 heteroatoms. The van der Waals surface area contributed by atoms with Crippen molar-refractivity contribution in [3.05, 3.63) is 30.1 Å². The fourth-order valence-electron chi connectivity index (χ4n) is 2.63. The highest BCUT2D eigenvalue weighted by molar-refractivity contribution is 5.79. The number of aryl methyl sites for hydroxylation is 1. The van der Waals surface area contributed by atoms with Gasteiger partial charge in [0, 0.05) is 26.2 Å².